The summed E-state index contributed by atoms with van der Waals surface area (Å²) in [4.78, 5) is 15.9. The minimum absolute atomic E-state index is 0.128. The fraction of sp³-hybridized carbons (Fsp3) is 0.571. The lowest BCUT2D eigenvalue weighted by Crippen LogP contribution is -2.43. The fourth-order valence-electron chi connectivity index (χ4n) is 1.42. The SMILES string of the molecule is CCCOc1ccc(CNC(=O)[C@@H](N)C(C)C)cn1. The molecule has 1 rings (SSSR count). The Morgan fingerprint density at radius 2 is 2.21 bits per heavy atom. The highest BCUT2D eigenvalue weighted by atomic mass is 16.5. The first-order valence-corrected chi connectivity index (χ1v) is 6.65. The number of nitrogens with one attached hydrogen (secondary N) is 1. The van der Waals surface area contributed by atoms with Crippen LogP contribution in [0, 0.1) is 5.92 Å². The highest BCUT2D eigenvalue weighted by Gasteiger charge is 2.16. The number of amides is 1. The van der Waals surface area contributed by atoms with Crippen LogP contribution in [0.25, 0.3) is 0 Å². The van der Waals surface area contributed by atoms with Gasteiger partial charge in [-0.1, -0.05) is 26.8 Å². The Balaban J connectivity index is 2.43. The zero-order valence-electron chi connectivity index (χ0n) is 11.8. The van der Waals surface area contributed by atoms with E-state index in [-0.39, 0.29) is 11.8 Å². The van der Waals surface area contributed by atoms with Crippen molar-refractivity contribution in [1.29, 1.82) is 0 Å². The summed E-state index contributed by atoms with van der Waals surface area (Å²) in [7, 11) is 0. The number of carbonyl (C=O) groups excluding carboxylic acids is 1. The molecule has 0 spiro atoms. The first kappa shape index (κ1) is 15.4. The number of aromatic nitrogens is 1. The van der Waals surface area contributed by atoms with E-state index in [0.717, 1.165) is 12.0 Å². The number of rotatable bonds is 7. The van der Waals surface area contributed by atoms with E-state index >= 15 is 0 Å². The first-order valence-electron chi connectivity index (χ1n) is 6.65. The summed E-state index contributed by atoms with van der Waals surface area (Å²) >= 11 is 0. The minimum Gasteiger partial charge on any atom is -0.478 e. The number of pyridine rings is 1. The highest BCUT2D eigenvalue weighted by Crippen LogP contribution is 2.08. The van der Waals surface area contributed by atoms with Gasteiger partial charge in [0, 0.05) is 18.8 Å². The lowest BCUT2D eigenvalue weighted by atomic mass is 10.1. The molecule has 1 aromatic rings. The van der Waals surface area contributed by atoms with E-state index in [1.54, 1.807) is 12.3 Å². The predicted octanol–water partition coefficient (Wildman–Crippen LogP) is 1.47. The van der Waals surface area contributed by atoms with Crippen molar-refractivity contribution in [3.05, 3.63) is 23.9 Å². The zero-order chi connectivity index (χ0) is 14.3. The average Bonchev–Trinajstić information content (AvgIpc) is 2.42. The molecule has 0 saturated heterocycles. The summed E-state index contributed by atoms with van der Waals surface area (Å²) in [6.45, 7) is 6.98. The van der Waals surface area contributed by atoms with E-state index in [1.165, 1.54) is 0 Å². The number of nitrogens with two attached hydrogens (primary N) is 1. The summed E-state index contributed by atoms with van der Waals surface area (Å²) in [5, 5.41) is 2.80. The Labute approximate surface area is 114 Å². The second-order valence-corrected chi connectivity index (χ2v) is 4.84. The first-order chi connectivity index (χ1) is 9.04. The van der Waals surface area contributed by atoms with Crippen LogP contribution in [0.4, 0.5) is 0 Å². The molecular weight excluding hydrogens is 242 g/mol. The molecule has 0 aliphatic heterocycles. The van der Waals surface area contributed by atoms with Gasteiger partial charge in [-0.25, -0.2) is 4.98 Å². The molecule has 1 amide bonds. The molecule has 1 atom stereocenters. The van der Waals surface area contributed by atoms with Crippen LogP contribution < -0.4 is 15.8 Å². The van der Waals surface area contributed by atoms with Gasteiger partial charge in [-0.2, -0.15) is 0 Å². The minimum atomic E-state index is -0.472. The maximum atomic E-state index is 11.7. The lowest BCUT2D eigenvalue weighted by Gasteiger charge is -2.15. The third-order valence-electron chi connectivity index (χ3n) is 2.74. The third kappa shape index (κ3) is 5.26. The standard InChI is InChI=1S/C14H23N3O2/c1-4-7-19-12-6-5-11(8-16-12)9-17-14(18)13(15)10(2)3/h5-6,8,10,13H,4,7,9,15H2,1-3H3,(H,17,18)/t13-/m0/s1. The summed E-state index contributed by atoms with van der Waals surface area (Å²) in [6.07, 6.45) is 2.65. The summed E-state index contributed by atoms with van der Waals surface area (Å²) < 4.78 is 5.39. The maximum Gasteiger partial charge on any atom is 0.237 e. The number of ether oxygens (including phenoxy) is 1. The Hall–Kier alpha value is -1.62. The van der Waals surface area contributed by atoms with Gasteiger partial charge in [-0.15, -0.1) is 0 Å². The van der Waals surface area contributed by atoms with Crippen LogP contribution in [-0.4, -0.2) is 23.5 Å². The second-order valence-electron chi connectivity index (χ2n) is 4.84. The Morgan fingerprint density at radius 1 is 1.47 bits per heavy atom. The molecule has 3 N–H and O–H groups in total. The Morgan fingerprint density at radius 3 is 2.74 bits per heavy atom. The van der Waals surface area contributed by atoms with Crippen molar-refractivity contribution in [3.63, 3.8) is 0 Å². The Bertz CT molecular complexity index is 390. The van der Waals surface area contributed by atoms with E-state index in [9.17, 15) is 4.79 Å². The quantitative estimate of drug-likeness (QED) is 0.782. The van der Waals surface area contributed by atoms with Gasteiger partial charge >= 0.3 is 0 Å². The molecule has 0 aliphatic carbocycles. The highest BCUT2D eigenvalue weighted by molar-refractivity contribution is 5.81. The number of carbonyl (C=O) groups is 1. The smallest absolute Gasteiger partial charge is 0.237 e. The molecule has 0 aliphatic rings. The van der Waals surface area contributed by atoms with Crippen molar-refractivity contribution in [1.82, 2.24) is 10.3 Å². The van der Waals surface area contributed by atoms with E-state index in [4.69, 9.17) is 10.5 Å². The van der Waals surface area contributed by atoms with Gasteiger partial charge in [0.2, 0.25) is 11.8 Å². The van der Waals surface area contributed by atoms with Gasteiger partial charge in [0.25, 0.3) is 0 Å². The van der Waals surface area contributed by atoms with Crippen LogP contribution in [0.2, 0.25) is 0 Å². The van der Waals surface area contributed by atoms with E-state index < -0.39 is 6.04 Å². The molecule has 0 fully saturated rings. The van der Waals surface area contributed by atoms with Crippen LogP contribution in [0.15, 0.2) is 18.3 Å². The van der Waals surface area contributed by atoms with E-state index in [1.807, 2.05) is 26.8 Å². The van der Waals surface area contributed by atoms with Crippen LogP contribution in [0.3, 0.4) is 0 Å². The average molecular weight is 265 g/mol. The topological polar surface area (TPSA) is 77.2 Å². The van der Waals surface area contributed by atoms with E-state index in [0.29, 0.717) is 19.0 Å². The predicted molar refractivity (Wildman–Crippen MR) is 74.7 cm³/mol. The van der Waals surface area contributed by atoms with Crippen molar-refractivity contribution in [2.75, 3.05) is 6.61 Å². The van der Waals surface area contributed by atoms with Gasteiger partial charge in [0.15, 0.2) is 0 Å². The van der Waals surface area contributed by atoms with Crippen LogP contribution in [0.5, 0.6) is 5.88 Å². The molecule has 0 aromatic carbocycles. The molecule has 1 heterocycles. The summed E-state index contributed by atoms with van der Waals surface area (Å²) in [5.41, 5.74) is 6.68. The molecule has 0 bridgehead atoms. The molecule has 5 nitrogen and oxygen atoms in total. The molecule has 5 heteroatoms. The molecule has 0 saturated carbocycles. The van der Waals surface area contributed by atoms with E-state index in [2.05, 4.69) is 10.3 Å². The lowest BCUT2D eigenvalue weighted by molar-refractivity contribution is -0.123. The van der Waals surface area contributed by atoms with Gasteiger partial charge in [-0.3, -0.25) is 4.79 Å². The number of hydrogen-bond acceptors (Lipinski definition) is 4. The molecule has 0 radical (unpaired) electrons. The van der Waals surface area contributed by atoms with Gasteiger partial charge < -0.3 is 15.8 Å². The van der Waals surface area contributed by atoms with Crippen molar-refractivity contribution in [2.24, 2.45) is 11.7 Å². The zero-order valence-corrected chi connectivity index (χ0v) is 11.8. The molecule has 1 aromatic heterocycles. The largest absolute Gasteiger partial charge is 0.478 e. The summed E-state index contributed by atoms with van der Waals surface area (Å²) in [5.74, 6) is 0.597. The van der Waals surface area contributed by atoms with Gasteiger partial charge in [0.1, 0.15) is 0 Å². The van der Waals surface area contributed by atoms with Crippen LogP contribution >= 0.6 is 0 Å². The summed E-state index contributed by atoms with van der Waals surface area (Å²) in [6, 6.07) is 3.22. The van der Waals surface area contributed by atoms with Crippen molar-refractivity contribution in [2.45, 2.75) is 39.8 Å². The van der Waals surface area contributed by atoms with Crippen molar-refractivity contribution in [3.8, 4) is 5.88 Å². The molecular formula is C14H23N3O2. The van der Waals surface area contributed by atoms with Gasteiger partial charge in [-0.05, 0) is 17.9 Å². The van der Waals surface area contributed by atoms with Crippen molar-refractivity contribution < 1.29 is 9.53 Å². The molecule has 0 unspecified atom stereocenters. The molecule has 106 valence electrons. The number of nitrogens with zero attached hydrogens (tertiary/aromatic N) is 1. The second kappa shape index (κ2) is 7.74. The monoisotopic (exact) mass is 265 g/mol. The van der Waals surface area contributed by atoms with Gasteiger partial charge in [0.05, 0.1) is 12.6 Å². The van der Waals surface area contributed by atoms with Crippen LogP contribution in [-0.2, 0) is 11.3 Å². The third-order valence-corrected chi connectivity index (χ3v) is 2.74. The van der Waals surface area contributed by atoms with Crippen molar-refractivity contribution >= 4 is 5.91 Å². The fourth-order valence-corrected chi connectivity index (χ4v) is 1.42. The number of hydrogen-bond donors (Lipinski definition) is 2. The molecule has 19 heavy (non-hydrogen) atoms. The Kier molecular flexibility index (Phi) is 6.29. The maximum absolute atomic E-state index is 11.7. The normalized spacial score (nSPS) is 12.3. The van der Waals surface area contributed by atoms with Crippen LogP contribution in [0.1, 0.15) is 32.8 Å².